The Morgan fingerprint density at radius 2 is 2.37 bits per heavy atom. The van der Waals surface area contributed by atoms with Gasteiger partial charge in [0.2, 0.25) is 0 Å². The smallest absolute Gasteiger partial charge is 0.408 e. The number of methoxy groups -OCH3 is 1. The first-order valence-corrected chi connectivity index (χ1v) is 5.53. The molecule has 7 heteroatoms. The average Bonchev–Trinajstić information content (AvgIpc) is 2.64. The summed E-state index contributed by atoms with van der Waals surface area (Å²) < 4.78 is 4.57. The van der Waals surface area contributed by atoms with Crippen molar-refractivity contribution in [3.8, 4) is 6.07 Å². The Morgan fingerprint density at radius 3 is 2.79 bits per heavy atom. The van der Waals surface area contributed by atoms with Crippen LogP contribution in [-0.4, -0.2) is 47.5 Å². The predicted octanol–water partition coefficient (Wildman–Crippen LogP) is 0.567. The molecule has 1 fully saturated rings. The van der Waals surface area contributed by atoms with Gasteiger partial charge in [-0.2, -0.15) is 5.26 Å². The molecular formula is C12H14N2O5. The molecule has 1 amide bonds. The highest BCUT2D eigenvalue weighted by atomic mass is 16.5. The molecule has 0 aliphatic carbocycles. The van der Waals surface area contributed by atoms with E-state index in [1.165, 1.54) is 6.08 Å². The van der Waals surface area contributed by atoms with Crippen LogP contribution >= 0.6 is 0 Å². The molecule has 102 valence electrons. The molecule has 1 aliphatic rings. The highest BCUT2D eigenvalue weighted by Crippen LogP contribution is 2.41. The van der Waals surface area contributed by atoms with E-state index in [2.05, 4.69) is 11.3 Å². The zero-order chi connectivity index (χ0) is 14.6. The van der Waals surface area contributed by atoms with E-state index in [1.54, 1.807) is 0 Å². The monoisotopic (exact) mass is 266 g/mol. The van der Waals surface area contributed by atoms with Crippen molar-refractivity contribution in [2.24, 2.45) is 5.41 Å². The summed E-state index contributed by atoms with van der Waals surface area (Å²) in [4.78, 5) is 35.8. The molecule has 0 aromatic carbocycles. The van der Waals surface area contributed by atoms with Gasteiger partial charge in [0.1, 0.15) is 6.04 Å². The Kier molecular flexibility index (Phi) is 4.27. The number of nitriles is 1. The third-order valence-electron chi connectivity index (χ3n) is 3.28. The second-order valence-electron chi connectivity index (χ2n) is 4.24. The van der Waals surface area contributed by atoms with Gasteiger partial charge in [-0.25, -0.2) is 9.59 Å². The highest BCUT2D eigenvalue weighted by Gasteiger charge is 2.58. The first-order chi connectivity index (χ1) is 8.94. The Morgan fingerprint density at radius 1 is 1.74 bits per heavy atom. The van der Waals surface area contributed by atoms with E-state index in [1.807, 2.05) is 6.07 Å². The molecule has 1 rings (SSSR count). The number of nitrogens with zero attached hydrogens (tertiary/aromatic N) is 2. The zero-order valence-corrected chi connectivity index (χ0v) is 10.5. The highest BCUT2D eigenvalue weighted by molar-refractivity contribution is 6.00. The number of Topliss-reactive ketones (excluding diaryl/α,β-unsaturated/α-hetero) is 1. The lowest BCUT2D eigenvalue weighted by Gasteiger charge is -2.30. The van der Waals surface area contributed by atoms with Crippen molar-refractivity contribution in [1.29, 1.82) is 5.26 Å². The molecule has 0 bridgehead atoms. The van der Waals surface area contributed by atoms with E-state index >= 15 is 0 Å². The molecule has 2 atom stereocenters. The summed E-state index contributed by atoms with van der Waals surface area (Å²) in [6, 6.07) is 0.533. The number of ketones is 1. The van der Waals surface area contributed by atoms with Crippen molar-refractivity contribution in [3.05, 3.63) is 12.7 Å². The second-order valence-corrected chi connectivity index (χ2v) is 4.24. The number of carbonyl (C=O) groups is 3. The lowest BCUT2D eigenvalue weighted by molar-refractivity contribution is -0.150. The maximum atomic E-state index is 12.1. The molecule has 7 nitrogen and oxygen atoms in total. The normalized spacial score (nSPS) is 25.8. The fraction of sp³-hybridized carbons (Fsp3) is 0.500. The van der Waals surface area contributed by atoms with Crippen molar-refractivity contribution >= 4 is 17.8 Å². The molecule has 0 radical (unpaired) electrons. The Balaban J connectivity index is 3.34. The minimum atomic E-state index is -1.40. The third kappa shape index (κ3) is 2.29. The molecule has 1 saturated heterocycles. The summed E-state index contributed by atoms with van der Waals surface area (Å²) in [5.41, 5.74) is -1.40. The van der Waals surface area contributed by atoms with Gasteiger partial charge in [0, 0.05) is 0 Å². The van der Waals surface area contributed by atoms with Crippen molar-refractivity contribution in [1.82, 2.24) is 4.90 Å². The van der Waals surface area contributed by atoms with Crippen LogP contribution < -0.4 is 0 Å². The number of hydrogen-bond acceptors (Lipinski definition) is 5. The fourth-order valence-corrected chi connectivity index (χ4v) is 2.39. The molecule has 1 aliphatic heterocycles. The van der Waals surface area contributed by atoms with Crippen LogP contribution in [-0.2, 0) is 14.3 Å². The molecule has 0 spiro atoms. The number of carboxylic acid groups (broad SMARTS) is 1. The Bertz CT molecular complexity index is 467. The minimum absolute atomic E-state index is 0.0446. The predicted molar refractivity (Wildman–Crippen MR) is 63.0 cm³/mol. The summed E-state index contributed by atoms with van der Waals surface area (Å²) in [6.45, 7) is 3.07. The molecule has 1 heterocycles. The number of carbonyl (C=O) groups excluding carboxylic acids is 2. The summed E-state index contributed by atoms with van der Waals surface area (Å²) >= 11 is 0. The fourth-order valence-electron chi connectivity index (χ4n) is 2.39. The van der Waals surface area contributed by atoms with Crippen molar-refractivity contribution in [3.63, 3.8) is 0 Å². The van der Waals surface area contributed by atoms with Crippen LogP contribution in [0.1, 0.15) is 12.8 Å². The third-order valence-corrected chi connectivity index (χ3v) is 3.28. The van der Waals surface area contributed by atoms with E-state index in [0.29, 0.717) is 0 Å². The lowest BCUT2D eigenvalue weighted by atomic mass is 9.74. The lowest BCUT2D eigenvalue weighted by Crippen LogP contribution is -2.49. The van der Waals surface area contributed by atoms with Crippen LogP contribution in [0.25, 0.3) is 0 Å². The topological polar surface area (TPSA) is 108 Å². The van der Waals surface area contributed by atoms with E-state index in [0.717, 1.165) is 12.0 Å². The average molecular weight is 266 g/mol. The van der Waals surface area contributed by atoms with E-state index in [4.69, 9.17) is 10.4 Å². The quantitative estimate of drug-likeness (QED) is 0.588. The van der Waals surface area contributed by atoms with Crippen molar-refractivity contribution in [2.45, 2.75) is 18.9 Å². The molecule has 1 N–H and O–H groups in total. The van der Waals surface area contributed by atoms with Crippen LogP contribution in [0.5, 0.6) is 0 Å². The molecule has 0 aromatic rings. The van der Waals surface area contributed by atoms with Crippen molar-refractivity contribution in [2.75, 3.05) is 13.7 Å². The zero-order valence-electron chi connectivity index (χ0n) is 10.5. The van der Waals surface area contributed by atoms with Crippen molar-refractivity contribution < 1.29 is 24.2 Å². The largest absolute Gasteiger partial charge is 0.467 e. The van der Waals surface area contributed by atoms with Gasteiger partial charge >= 0.3 is 12.1 Å². The van der Waals surface area contributed by atoms with Gasteiger partial charge in [0.15, 0.2) is 5.78 Å². The Hall–Kier alpha value is -2.36. The summed E-state index contributed by atoms with van der Waals surface area (Å²) in [6.07, 6.45) is -0.214. The Labute approximate surface area is 110 Å². The summed E-state index contributed by atoms with van der Waals surface area (Å²) in [7, 11) is 1.11. The number of hydrogen-bond donors (Lipinski definition) is 1. The van der Waals surface area contributed by atoms with Gasteiger partial charge in [-0.1, -0.05) is 6.08 Å². The maximum absolute atomic E-state index is 12.1. The van der Waals surface area contributed by atoms with E-state index < -0.39 is 35.8 Å². The number of rotatable bonds is 4. The first kappa shape index (κ1) is 14.7. The maximum Gasteiger partial charge on any atom is 0.408 e. The standard InChI is InChI=1S/C12H14N2O5/c1-3-4-12(5-6-13)8(15)7-14(11(17)18)9(12)10(16)19-2/h3,9H,1,4-5,7H2,2H3,(H,17,18). The van der Waals surface area contributed by atoms with Gasteiger partial charge < -0.3 is 9.84 Å². The van der Waals surface area contributed by atoms with Crippen LogP contribution in [0.4, 0.5) is 4.79 Å². The first-order valence-electron chi connectivity index (χ1n) is 5.53. The van der Waals surface area contributed by atoms with Gasteiger partial charge in [-0.3, -0.25) is 9.69 Å². The molecular weight excluding hydrogens is 252 g/mol. The number of amides is 1. The SMILES string of the molecule is C=CCC1(CC#N)C(=O)CN(C(=O)O)C1C(=O)OC. The molecule has 0 aromatic heterocycles. The van der Waals surface area contributed by atoms with Gasteiger partial charge in [0.05, 0.1) is 31.6 Å². The summed E-state index contributed by atoms with van der Waals surface area (Å²) in [5, 5.41) is 18.0. The van der Waals surface area contributed by atoms with E-state index in [9.17, 15) is 14.4 Å². The van der Waals surface area contributed by atoms with Crippen LogP contribution in [0.15, 0.2) is 12.7 Å². The molecule has 0 saturated carbocycles. The van der Waals surface area contributed by atoms with Crippen LogP contribution in [0.2, 0.25) is 0 Å². The number of esters is 1. The number of likely N-dealkylation sites (tertiary alicyclic amines) is 1. The van der Waals surface area contributed by atoms with Gasteiger partial charge in [0.25, 0.3) is 0 Å². The second kappa shape index (κ2) is 5.52. The minimum Gasteiger partial charge on any atom is -0.467 e. The molecule has 2 unspecified atom stereocenters. The van der Waals surface area contributed by atoms with Gasteiger partial charge in [-0.15, -0.1) is 6.58 Å². The van der Waals surface area contributed by atoms with Crippen LogP contribution in [0.3, 0.4) is 0 Å². The number of allylic oxidation sites excluding steroid dienone is 1. The van der Waals surface area contributed by atoms with Gasteiger partial charge in [-0.05, 0) is 6.42 Å². The summed E-state index contributed by atoms with van der Waals surface area (Å²) in [5.74, 6) is -1.31. The van der Waals surface area contributed by atoms with Crippen LogP contribution in [0, 0.1) is 16.7 Å². The van der Waals surface area contributed by atoms with E-state index in [-0.39, 0.29) is 12.8 Å². The number of ether oxygens (including phenoxy) is 1. The molecule has 19 heavy (non-hydrogen) atoms.